The standard InChI is InChI=1S/C19H25BrN4O2/c1-21-19(24(2)14-16-7-4-5-9-17(16)20)23-13-15-8-6-10-22-18(15)26-12-11-25-3/h4-10H,11-14H2,1-3H3,(H,21,23). The molecule has 0 aliphatic rings. The van der Waals surface area contributed by atoms with Gasteiger partial charge in [-0.3, -0.25) is 4.99 Å². The highest BCUT2D eigenvalue weighted by Gasteiger charge is 2.10. The SMILES string of the molecule is CN=C(NCc1cccnc1OCCOC)N(C)Cc1ccccc1Br. The summed E-state index contributed by atoms with van der Waals surface area (Å²) in [4.78, 5) is 10.7. The number of rotatable bonds is 8. The van der Waals surface area contributed by atoms with Crippen LogP contribution in [0.3, 0.4) is 0 Å². The van der Waals surface area contributed by atoms with Crippen LogP contribution in [0.5, 0.6) is 5.88 Å². The van der Waals surface area contributed by atoms with E-state index in [1.165, 1.54) is 5.56 Å². The first-order chi connectivity index (χ1) is 12.7. The number of guanidine groups is 1. The van der Waals surface area contributed by atoms with Gasteiger partial charge in [0.25, 0.3) is 0 Å². The zero-order valence-corrected chi connectivity index (χ0v) is 17.0. The summed E-state index contributed by atoms with van der Waals surface area (Å²) in [6, 6.07) is 12.1. The van der Waals surface area contributed by atoms with Gasteiger partial charge in [0, 0.05) is 50.5 Å². The number of hydrogen-bond acceptors (Lipinski definition) is 4. The summed E-state index contributed by atoms with van der Waals surface area (Å²) in [5.41, 5.74) is 2.17. The molecule has 2 rings (SSSR count). The maximum absolute atomic E-state index is 5.68. The lowest BCUT2D eigenvalue weighted by Crippen LogP contribution is -2.38. The minimum absolute atomic E-state index is 0.469. The molecule has 0 atom stereocenters. The minimum Gasteiger partial charge on any atom is -0.475 e. The van der Waals surface area contributed by atoms with Gasteiger partial charge in [-0.1, -0.05) is 40.2 Å². The van der Waals surface area contributed by atoms with Gasteiger partial charge in [0.05, 0.1) is 6.61 Å². The third-order valence-electron chi connectivity index (χ3n) is 3.75. The predicted octanol–water partition coefficient (Wildman–Crippen LogP) is 3.08. The van der Waals surface area contributed by atoms with Crippen LogP contribution in [0.25, 0.3) is 0 Å². The molecule has 0 bridgehead atoms. The Morgan fingerprint density at radius 1 is 1.19 bits per heavy atom. The molecule has 0 amide bonds. The van der Waals surface area contributed by atoms with Gasteiger partial charge < -0.3 is 19.7 Å². The maximum Gasteiger partial charge on any atom is 0.218 e. The van der Waals surface area contributed by atoms with Crippen LogP contribution >= 0.6 is 15.9 Å². The van der Waals surface area contributed by atoms with Crippen molar-refractivity contribution in [1.29, 1.82) is 0 Å². The number of nitrogens with one attached hydrogen (secondary N) is 1. The fourth-order valence-electron chi connectivity index (χ4n) is 2.43. The van der Waals surface area contributed by atoms with Crippen molar-refractivity contribution in [2.24, 2.45) is 4.99 Å². The average molecular weight is 421 g/mol. The van der Waals surface area contributed by atoms with Gasteiger partial charge in [0.1, 0.15) is 6.61 Å². The highest BCUT2D eigenvalue weighted by molar-refractivity contribution is 9.10. The second kappa shape index (κ2) is 10.8. The summed E-state index contributed by atoms with van der Waals surface area (Å²) >= 11 is 3.59. The van der Waals surface area contributed by atoms with Gasteiger partial charge in [-0.15, -0.1) is 0 Å². The topological polar surface area (TPSA) is 59.0 Å². The quantitative estimate of drug-likeness (QED) is 0.403. The van der Waals surface area contributed by atoms with Crippen LogP contribution in [-0.4, -0.2) is 50.3 Å². The molecule has 0 radical (unpaired) electrons. The first-order valence-corrected chi connectivity index (χ1v) is 9.15. The Labute approximate surface area is 163 Å². The molecular formula is C19H25BrN4O2. The second-order valence-electron chi connectivity index (χ2n) is 5.66. The molecule has 1 N–H and O–H groups in total. The van der Waals surface area contributed by atoms with Crippen LogP contribution in [0, 0.1) is 0 Å². The van der Waals surface area contributed by atoms with Crippen molar-refractivity contribution in [1.82, 2.24) is 15.2 Å². The molecular weight excluding hydrogens is 396 g/mol. The van der Waals surface area contributed by atoms with Gasteiger partial charge in [0.2, 0.25) is 5.88 Å². The Balaban J connectivity index is 1.97. The van der Waals surface area contributed by atoms with Crippen LogP contribution in [0.15, 0.2) is 52.1 Å². The zero-order valence-electron chi connectivity index (χ0n) is 15.4. The number of halogens is 1. The summed E-state index contributed by atoms with van der Waals surface area (Å²) in [5, 5.41) is 3.37. The molecule has 0 fully saturated rings. The van der Waals surface area contributed by atoms with Crippen molar-refractivity contribution in [2.45, 2.75) is 13.1 Å². The maximum atomic E-state index is 5.68. The van der Waals surface area contributed by atoms with Gasteiger partial charge in [-0.2, -0.15) is 0 Å². The van der Waals surface area contributed by atoms with Crippen molar-refractivity contribution in [3.05, 3.63) is 58.2 Å². The molecule has 7 heteroatoms. The van der Waals surface area contributed by atoms with Crippen LogP contribution in [-0.2, 0) is 17.8 Å². The van der Waals surface area contributed by atoms with E-state index in [2.05, 4.69) is 42.2 Å². The van der Waals surface area contributed by atoms with E-state index < -0.39 is 0 Å². The van der Waals surface area contributed by atoms with E-state index in [-0.39, 0.29) is 0 Å². The fraction of sp³-hybridized carbons (Fsp3) is 0.368. The number of aromatic nitrogens is 1. The number of benzene rings is 1. The molecule has 140 valence electrons. The zero-order chi connectivity index (χ0) is 18.8. The van der Waals surface area contributed by atoms with Gasteiger partial charge in [-0.25, -0.2) is 4.98 Å². The van der Waals surface area contributed by atoms with E-state index in [0.717, 1.165) is 22.5 Å². The lowest BCUT2D eigenvalue weighted by molar-refractivity contribution is 0.143. The lowest BCUT2D eigenvalue weighted by Gasteiger charge is -2.23. The van der Waals surface area contributed by atoms with E-state index in [0.29, 0.717) is 25.6 Å². The van der Waals surface area contributed by atoms with Crippen molar-refractivity contribution in [3.63, 3.8) is 0 Å². The summed E-state index contributed by atoms with van der Waals surface area (Å²) in [6.07, 6.45) is 1.72. The monoisotopic (exact) mass is 420 g/mol. The van der Waals surface area contributed by atoms with Crippen molar-refractivity contribution in [3.8, 4) is 5.88 Å². The predicted molar refractivity (Wildman–Crippen MR) is 107 cm³/mol. The first kappa shape index (κ1) is 20.2. The molecule has 1 aromatic heterocycles. The largest absolute Gasteiger partial charge is 0.475 e. The Hall–Kier alpha value is -2.12. The summed E-state index contributed by atoms with van der Waals surface area (Å²) in [5.74, 6) is 1.41. The molecule has 0 saturated carbocycles. The molecule has 2 aromatic rings. The molecule has 0 unspecified atom stereocenters. The molecule has 26 heavy (non-hydrogen) atoms. The van der Waals surface area contributed by atoms with E-state index in [1.54, 1.807) is 20.4 Å². The minimum atomic E-state index is 0.469. The Morgan fingerprint density at radius 3 is 2.69 bits per heavy atom. The van der Waals surface area contributed by atoms with E-state index >= 15 is 0 Å². The molecule has 1 heterocycles. The molecule has 0 saturated heterocycles. The normalized spacial score (nSPS) is 11.3. The third kappa shape index (κ3) is 6.00. The van der Waals surface area contributed by atoms with Crippen LogP contribution in [0.4, 0.5) is 0 Å². The number of methoxy groups -OCH3 is 1. The number of aliphatic imine (C=N–C) groups is 1. The summed E-state index contributed by atoms with van der Waals surface area (Å²) < 4.78 is 11.8. The Kier molecular flexibility index (Phi) is 8.37. The van der Waals surface area contributed by atoms with Gasteiger partial charge in [0.15, 0.2) is 5.96 Å². The van der Waals surface area contributed by atoms with E-state index in [1.807, 2.05) is 37.4 Å². The smallest absolute Gasteiger partial charge is 0.218 e. The summed E-state index contributed by atoms with van der Waals surface area (Å²) in [7, 11) is 5.43. The van der Waals surface area contributed by atoms with Crippen molar-refractivity contribution in [2.75, 3.05) is 34.4 Å². The lowest BCUT2D eigenvalue weighted by atomic mass is 10.2. The van der Waals surface area contributed by atoms with Crippen LogP contribution in [0.2, 0.25) is 0 Å². The number of pyridine rings is 1. The van der Waals surface area contributed by atoms with Crippen LogP contribution in [0.1, 0.15) is 11.1 Å². The average Bonchev–Trinajstić information content (AvgIpc) is 2.65. The highest BCUT2D eigenvalue weighted by Crippen LogP contribution is 2.18. The molecule has 6 nitrogen and oxygen atoms in total. The molecule has 0 aliphatic carbocycles. The van der Waals surface area contributed by atoms with Crippen molar-refractivity contribution < 1.29 is 9.47 Å². The third-order valence-corrected chi connectivity index (χ3v) is 4.53. The van der Waals surface area contributed by atoms with Gasteiger partial charge in [-0.05, 0) is 17.7 Å². The summed E-state index contributed by atoms with van der Waals surface area (Å²) in [6.45, 7) is 2.31. The molecule has 0 aliphatic heterocycles. The Morgan fingerprint density at radius 2 is 1.96 bits per heavy atom. The fourth-order valence-corrected chi connectivity index (χ4v) is 2.84. The van der Waals surface area contributed by atoms with Crippen molar-refractivity contribution >= 4 is 21.9 Å². The molecule has 1 aromatic carbocycles. The molecule has 0 spiro atoms. The van der Waals surface area contributed by atoms with E-state index in [9.17, 15) is 0 Å². The Bertz CT molecular complexity index is 724. The number of ether oxygens (including phenoxy) is 2. The van der Waals surface area contributed by atoms with Crippen LogP contribution < -0.4 is 10.1 Å². The van der Waals surface area contributed by atoms with E-state index in [4.69, 9.17) is 9.47 Å². The van der Waals surface area contributed by atoms with Gasteiger partial charge >= 0.3 is 0 Å². The highest BCUT2D eigenvalue weighted by atomic mass is 79.9. The second-order valence-corrected chi connectivity index (χ2v) is 6.51. The first-order valence-electron chi connectivity index (χ1n) is 8.36. The number of nitrogens with zero attached hydrogens (tertiary/aromatic N) is 3. The number of hydrogen-bond donors (Lipinski definition) is 1.